The van der Waals surface area contributed by atoms with E-state index in [2.05, 4.69) is 15.3 Å². The number of nitrogens with zero attached hydrogens (tertiary/aromatic N) is 2. The van der Waals surface area contributed by atoms with E-state index in [9.17, 15) is 4.79 Å². The minimum atomic E-state index is -0.106. The Kier molecular flexibility index (Phi) is 4.31. The third kappa shape index (κ3) is 3.16. The van der Waals surface area contributed by atoms with Gasteiger partial charge < -0.3 is 5.32 Å². The van der Waals surface area contributed by atoms with Crippen LogP contribution in [0.1, 0.15) is 29.6 Å². The van der Waals surface area contributed by atoms with Crippen LogP contribution in [0, 0.1) is 11.8 Å². The Hall–Kier alpha value is -1.16. The van der Waals surface area contributed by atoms with Gasteiger partial charge in [-0.2, -0.15) is 0 Å². The van der Waals surface area contributed by atoms with Gasteiger partial charge in [-0.1, -0.05) is 6.42 Å². The number of carbonyl (C=O) groups is 1. The highest BCUT2D eigenvalue weighted by atomic mass is 35.5. The lowest BCUT2D eigenvalue weighted by molar-refractivity contribution is 0.0944. The van der Waals surface area contributed by atoms with E-state index in [1.807, 2.05) is 0 Å². The van der Waals surface area contributed by atoms with E-state index >= 15 is 0 Å². The molecule has 4 nitrogen and oxygen atoms in total. The van der Waals surface area contributed by atoms with Crippen molar-refractivity contribution < 1.29 is 4.79 Å². The van der Waals surface area contributed by atoms with Crippen LogP contribution in [0.3, 0.4) is 0 Å². The third-order valence-electron chi connectivity index (χ3n) is 3.36. The number of carbonyl (C=O) groups excluding carboxylic acids is 1. The Morgan fingerprint density at radius 3 is 2.76 bits per heavy atom. The second-order valence-electron chi connectivity index (χ2n) is 4.44. The molecule has 2 unspecified atom stereocenters. The van der Waals surface area contributed by atoms with E-state index < -0.39 is 0 Å². The van der Waals surface area contributed by atoms with E-state index in [4.69, 9.17) is 11.6 Å². The fourth-order valence-electron chi connectivity index (χ4n) is 2.33. The number of aromatic nitrogens is 2. The van der Waals surface area contributed by atoms with Gasteiger partial charge in [0.15, 0.2) is 0 Å². The molecule has 1 amide bonds. The summed E-state index contributed by atoms with van der Waals surface area (Å²) in [7, 11) is 0. The topological polar surface area (TPSA) is 54.9 Å². The van der Waals surface area contributed by atoms with Crippen molar-refractivity contribution in [2.75, 3.05) is 12.4 Å². The zero-order chi connectivity index (χ0) is 12.1. The van der Waals surface area contributed by atoms with Gasteiger partial charge >= 0.3 is 0 Å². The van der Waals surface area contributed by atoms with Gasteiger partial charge in [-0.3, -0.25) is 4.79 Å². The van der Waals surface area contributed by atoms with Crippen LogP contribution < -0.4 is 5.32 Å². The standard InChI is InChI=1S/C12H16ClN3O/c13-4-9-2-1-3-10(9)7-16-12(17)11-5-14-8-15-6-11/h5-6,8-10H,1-4,7H2,(H,16,17). The Bertz CT molecular complexity index is 371. The second kappa shape index (κ2) is 5.96. The van der Waals surface area contributed by atoms with E-state index in [0.29, 0.717) is 29.8 Å². The van der Waals surface area contributed by atoms with Crippen LogP contribution >= 0.6 is 11.6 Å². The molecular formula is C12H16ClN3O. The summed E-state index contributed by atoms with van der Waals surface area (Å²) in [5.74, 6) is 1.64. The first-order valence-electron chi connectivity index (χ1n) is 5.90. The molecule has 1 aliphatic carbocycles. The molecule has 0 aliphatic heterocycles. The molecule has 2 rings (SSSR count). The van der Waals surface area contributed by atoms with Crippen LogP contribution in [-0.2, 0) is 0 Å². The van der Waals surface area contributed by atoms with E-state index in [-0.39, 0.29) is 5.91 Å². The van der Waals surface area contributed by atoms with Crippen LogP contribution in [0.25, 0.3) is 0 Å². The van der Waals surface area contributed by atoms with Crippen molar-refractivity contribution in [3.8, 4) is 0 Å². The van der Waals surface area contributed by atoms with Crippen LogP contribution in [0.4, 0.5) is 0 Å². The maximum Gasteiger partial charge on any atom is 0.254 e. The first-order valence-corrected chi connectivity index (χ1v) is 6.44. The number of alkyl halides is 1. The fourth-order valence-corrected chi connectivity index (χ4v) is 2.73. The molecule has 1 heterocycles. The van der Waals surface area contributed by atoms with Gasteiger partial charge in [-0.25, -0.2) is 9.97 Å². The molecule has 0 aromatic carbocycles. The minimum Gasteiger partial charge on any atom is -0.352 e. The summed E-state index contributed by atoms with van der Waals surface area (Å²) in [6, 6.07) is 0. The zero-order valence-corrected chi connectivity index (χ0v) is 10.4. The summed E-state index contributed by atoms with van der Waals surface area (Å²) in [4.78, 5) is 19.4. The van der Waals surface area contributed by atoms with Crippen LogP contribution in [-0.4, -0.2) is 28.3 Å². The van der Waals surface area contributed by atoms with Crippen molar-refractivity contribution >= 4 is 17.5 Å². The fraction of sp³-hybridized carbons (Fsp3) is 0.583. The Morgan fingerprint density at radius 2 is 2.06 bits per heavy atom. The third-order valence-corrected chi connectivity index (χ3v) is 3.76. The molecule has 0 spiro atoms. The molecule has 5 heteroatoms. The number of nitrogens with one attached hydrogen (secondary N) is 1. The van der Waals surface area contributed by atoms with Crippen molar-refractivity contribution in [1.82, 2.24) is 15.3 Å². The summed E-state index contributed by atoms with van der Waals surface area (Å²) in [6.07, 6.45) is 8.01. The lowest BCUT2D eigenvalue weighted by Gasteiger charge is -2.17. The summed E-state index contributed by atoms with van der Waals surface area (Å²) in [6.45, 7) is 0.700. The molecule has 1 aromatic rings. The van der Waals surface area contributed by atoms with E-state index in [1.54, 1.807) is 0 Å². The molecule has 1 aromatic heterocycles. The smallest absolute Gasteiger partial charge is 0.254 e. The lowest BCUT2D eigenvalue weighted by atomic mass is 9.98. The van der Waals surface area contributed by atoms with Crippen molar-refractivity contribution in [3.63, 3.8) is 0 Å². The lowest BCUT2D eigenvalue weighted by Crippen LogP contribution is -2.31. The molecule has 2 atom stereocenters. The highest BCUT2D eigenvalue weighted by molar-refractivity contribution is 6.18. The monoisotopic (exact) mass is 253 g/mol. The molecular weight excluding hydrogens is 238 g/mol. The van der Waals surface area contributed by atoms with E-state index in [0.717, 1.165) is 6.42 Å². The van der Waals surface area contributed by atoms with Gasteiger partial charge in [-0.15, -0.1) is 11.6 Å². The van der Waals surface area contributed by atoms with Gasteiger partial charge in [0.2, 0.25) is 0 Å². The largest absolute Gasteiger partial charge is 0.352 e. The predicted molar refractivity (Wildman–Crippen MR) is 65.9 cm³/mol. The Labute approximate surface area is 106 Å². The number of hydrogen-bond donors (Lipinski definition) is 1. The highest BCUT2D eigenvalue weighted by Crippen LogP contribution is 2.31. The summed E-state index contributed by atoms with van der Waals surface area (Å²) in [5, 5.41) is 2.93. The van der Waals surface area contributed by atoms with Crippen LogP contribution in [0.15, 0.2) is 18.7 Å². The first kappa shape index (κ1) is 12.3. The molecule has 92 valence electrons. The molecule has 1 N–H and O–H groups in total. The summed E-state index contributed by atoms with van der Waals surface area (Å²) < 4.78 is 0. The number of hydrogen-bond acceptors (Lipinski definition) is 3. The Balaban J connectivity index is 1.84. The summed E-state index contributed by atoms with van der Waals surface area (Å²) in [5.41, 5.74) is 0.507. The van der Waals surface area contributed by atoms with Crippen LogP contribution in [0.5, 0.6) is 0 Å². The molecule has 0 bridgehead atoms. The van der Waals surface area contributed by atoms with Crippen LogP contribution in [0.2, 0.25) is 0 Å². The summed E-state index contributed by atoms with van der Waals surface area (Å²) >= 11 is 5.90. The van der Waals surface area contributed by atoms with Gasteiger partial charge in [0, 0.05) is 24.8 Å². The molecule has 0 saturated heterocycles. The average molecular weight is 254 g/mol. The number of halogens is 1. The predicted octanol–water partition coefficient (Wildman–Crippen LogP) is 1.86. The van der Waals surface area contributed by atoms with Crippen molar-refractivity contribution in [3.05, 3.63) is 24.3 Å². The molecule has 1 fully saturated rings. The highest BCUT2D eigenvalue weighted by Gasteiger charge is 2.26. The molecule has 17 heavy (non-hydrogen) atoms. The maximum absolute atomic E-state index is 11.8. The van der Waals surface area contributed by atoms with Gasteiger partial charge in [0.1, 0.15) is 6.33 Å². The van der Waals surface area contributed by atoms with Crippen molar-refractivity contribution in [2.24, 2.45) is 11.8 Å². The number of amides is 1. The zero-order valence-electron chi connectivity index (χ0n) is 9.60. The molecule has 1 saturated carbocycles. The first-order chi connectivity index (χ1) is 8.31. The number of rotatable bonds is 4. The molecule has 0 radical (unpaired) electrons. The van der Waals surface area contributed by atoms with Gasteiger partial charge in [0.05, 0.1) is 5.56 Å². The Morgan fingerprint density at radius 1 is 1.35 bits per heavy atom. The van der Waals surface area contributed by atoms with E-state index in [1.165, 1.54) is 31.6 Å². The quantitative estimate of drug-likeness (QED) is 0.834. The van der Waals surface area contributed by atoms with Gasteiger partial charge in [0.25, 0.3) is 5.91 Å². The van der Waals surface area contributed by atoms with Crippen molar-refractivity contribution in [2.45, 2.75) is 19.3 Å². The minimum absolute atomic E-state index is 0.106. The van der Waals surface area contributed by atoms with Gasteiger partial charge in [-0.05, 0) is 24.7 Å². The normalized spacial score (nSPS) is 23.6. The van der Waals surface area contributed by atoms with Crippen molar-refractivity contribution in [1.29, 1.82) is 0 Å². The SMILES string of the molecule is O=C(NCC1CCCC1CCl)c1cncnc1. The maximum atomic E-state index is 11.8. The second-order valence-corrected chi connectivity index (χ2v) is 4.75. The average Bonchev–Trinajstić information content (AvgIpc) is 2.84. The molecule has 1 aliphatic rings.